The van der Waals surface area contributed by atoms with Crippen molar-refractivity contribution in [2.45, 2.75) is 64.8 Å². The van der Waals surface area contributed by atoms with E-state index in [0.717, 1.165) is 40.9 Å². The van der Waals surface area contributed by atoms with E-state index in [1.165, 1.54) is 32.1 Å². The third-order valence-electron chi connectivity index (χ3n) is 5.26. The lowest BCUT2D eigenvalue weighted by Crippen LogP contribution is -2.14. The number of unbranched alkanes of at least 4 members (excludes halogenated alkanes) is 1. The quantitative estimate of drug-likeness (QED) is 0.610. The summed E-state index contributed by atoms with van der Waals surface area (Å²) >= 11 is 0. The molecular weight excluding hydrogens is 300 g/mol. The predicted molar refractivity (Wildman–Crippen MR) is 96.3 cm³/mol. The van der Waals surface area contributed by atoms with Crippen molar-refractivity contribution in [3.63, 3.8) is 0 Å². The molecule has 1 heterocycles. The number of carbonyl (C=O) groups is 1. The zero-order chi connectivity index (χ0) is 16.9. The molecule has 0 atom stereocenters. The summed E-state index contributed by atoms with van der Waals surface area (Å²) in [5, 5.41) is 14.7. The van der Waals surface area contributed by atoms with Gasteiger partial charge < -0.3 is 5.11 Å². The Morgan fingerprint density at radius 1 is 1.25 bits per heavy atom. The maximum absolute atomic E-state index is 12.4. The number of aliphatic hydroxyl groups excluding tert-OH is 1. The second-order valence-corrected chi connectivity index (χ2v) is 7.14. The number of aryl methyl sites for hydroxylation is 1. The minimum atomic E-state index is 0.150. The normalized spacial score (nSPS) is 15.9. The zero-order valence-corrected chi connectivity index (χ0v) is 14.6. The molecule has 3 rings (SSSR count). The number of aliphatic hydroxyl groups is 1. The van der Waals surface area contributed by atoms with Crippen LogP contribution in [0.25, 0.3) is 10.9 Å². The van der Waals surface area contributed by atoms with E-state index in [1.807, 2.05) is 19.1 Å². The van der Waals surface area contributed by atoms with Crippen LogP contribution in [0.2, 0.25) is 0 Å². The van der Waals surface area contributed by atoms with Crippen molar-refractivity contribution >= 4 is 16.7 Å². The lowest BCUT2D eigenvalue weighted by molar-refractivity contribution is 0.0977. The molecule has 4 nitrogen and oxygen atoms in total. The van der Waals surface area contributed by atoms with Gasteiger partial charge in [-0.1, -0.05) is 31.4 Å². The number of Topliss-reactive ketones (excluding diaryl/α,β-unsaturated/α-hetero) is 1. The molecular formula is C20H28N2O2. The Morgan fingerprint density at radius 3 is 2.79 bits per heavy atom. The van der Waals surface area contributed by atoms with Gasteiger partial charge >= 0.3 is 0 Å². The van der Waals surface area contributed by atoms with Gasteiger partial charge in [0.05, 0.1) is 5.52 Å². The Bertz CT molecular complexity index is 699. The monoisotopic (exact) mass is 328 g/mol. The lowest BCUT2D eigenvalue weighted by atomic mass is 9.89. The molecule has 0 spiro atoms. The van der Waals surface area contributed by atoms with E-state index < -0.39 is 0 Å². The molecule has 24 heavy (non-hydrogen) atoms. The lowest BCUT2D eigenvalue weighted by Gasteiger charge is -2.21. The second kappa shape index (κ2) is 7.93. The Morgan fingerprint density at radius 2 is 2.04 bits per heavy atom. The number of hydrogen-bond donors (Lipinski definition) is 1. The molecule has 0 aliphatic heterocycles. The third kappa shape index (κ3) is 3.86. The maximum atomic E-state index is 12.4. The smallest absolute Gasteiger partial charge is 0.163 e. The Labute approximate surface area is 143 Å². The predicted octanol–water partition coefficient (Wildman–Crippen LogP) is 4.27. The van der Waals surface area contributed by atoms with Crippen LogP contribution >= 0.6 is 0 Å². The van der Waals surface area contributed by atoms with Crippen LogP contribution in [-0.2, 0) is 6.54 Å². The fraction of sp³-hybridized carbons (Fsp3) is 0.600. The van der Waals surface area contributed by atoms with Crippen molar-refractivity contribution < 1.29 is 9.90 Å². The molecule has 0 bridgehead atoms. The number of carbonyl (C=O) groups excluding carboxylic acids is 1. The number of rotatable bonds is 7. The number of benzene rings is 1. The fourth-order valence-corrected chi connectivity index (χ4v) is 3.84. The number of aromatic nitrogens is 2. The van der Waals surface area contributed by atoms with Crippen molar-refractivity contribution in [2.75, 3.05) is 6.61 Å². The first-order chi connectivity index (χ1) is 11.7. The van der Waals surface area contributed by atoms with Crippen molar-refractivity contribution in [3.05, 3.63) is 29.5 Å². The molecule has 4 heteroatoms. The van der Waals surface area contributed by atoms with Crippen LogP contribution < -0.4 is 0 Å². The highest BCUT2D eigenvalue weighted by Gasteiger charge is 2.17. The van der Waals surface area contributed by atoms with Crippen LogP contribution in [0.3, 0.4) is 0 Å². The summed E-state index contributed by atoms with van der Waals surface area (Å²) in [7, 11) is 0. The van der Waals surface area contributed by atoms with E-state index in [4.69, 9.17) is 10.2 Å². The van der Waals surface area contributed by atoms with Gasteiger partial charge in [-0.3, -0.25) is 9.48 Å². The van der Waals surface area contributed by atoms with Gasteiger partial charge in [-0.15, -0.1) is 0 Å². The molecule has 1 aromatic carbocycles. The number of ketones is 1. The average molecular weight is 328 g/mol. The average Bonchev–Trinajstić information content (AvgIpc) is 3.00. The van der Waals surface area contributed by atoms with Gasteiger partial charge in [-0.2, -0.15) is 5.10 Å². The Hall–Kier alpha value is -1.68. The maximum Gasteiger partial charge on any atom is 0.163 e. The van der Waals surface area contributed by atoms with Gasteiger partial charge in [0.25, 0.3) is 0 Å². The minimum absolute atomic E-state index is 0.150. The first kappa shape index (κ1) is 17.2. The van der Waals surface area contributed by atoms with Crippen LogP contribution in [-0.4, -0.2) is 27.3 Å². The summed E-state index contributed by atoms with van der Waals surface area (Å²) in [4.78, 5) is 12.4. The van der Waals surface area contributed by atoms with Gasteiger partial charge in [0.2, 0.25) is 0 Å². The van der Waals surface area contributed by atoms with Crippen LogP contribution in [0.1, 0.15) is 67.3 Å². The summed E-state index contributed by atoms with van der Waals surface area (Å²) < 4.78 is 2.08. The van der Waals surface area contributed by atoms with E-state index in [-0.39, 0.29) is 12.4 Å². The van der Waals surface area contributed by atoms with Gasteiger partial charge in [0.1, 0.15) is 0 Å². The standard InChI is InChI=1S/C20H28N2O2/c1-15-18(19(24)9-5-6-12-23)11-10-17-14-22(21-20(15)17)13-16-7-3-2-4-8-16/h10-11,14,16,23H,2-9,12-13H2,1H3. The summed E-state index contributed by atoms with van der Waals surface area (Å²) in [6.07, 6.45) is 10.7. The van der Waals surface area contributed by atoms with Crippen LogP contribution in [0.15, 0.2) is 18.3 Å². The molecule has 1 saturated carbocycles. The van der Waals surface area contributed by atoms with E-state index in [0.29, 0.717) is 12.8 Å². The van der Waals surface area contributed by atoms with Gasteiger partial charge in [-0.05, 0) is 44.1 Å². The van der Waals surface area contributed by atoms with E-state index in [2.05, 4.69) is 10.9 Å². The zero-order valence-electron chi connectivity index (χ0n) is 14.6. The molecule has 0 saturated heterocycles. The van der Waals surface area contributed by atoms with E-state index >= 15 is 0 Å². The van der Waals surface area contributed by atoms with Crippen LogP contribution in [0.5, 0.6) is 0 Å². The molecule has 1 N–H and O–H groups in total. The molecule has 0 radical (unpaired) electrons. The van der Waals surface area contributed by atoms with Gasteiger partial charge in [0.15, 0.2) is 5.78 Å². The second-order valence-electron chi connectivity index (χ2n) is 7.14. The minimum Gasteiger partial charge on any atom is -0.396 e. The van der Waals surface area contributed by atoms with Crippen molar-refractivity contribution in [3.8, 4) is 0 Å². The third-order valence-corrected chi connectivity index (χ3v) is 5.26. The largest absolute Gasteiger partial charge is 0.396 e. The SMILES string of the molecule is Cc1c(C(=O)CCCCO)ccc2cn(CC3CCCCC3)nc12. The fourth-order valence-electron chi connectivity index (χ4n) is 3.84. The van der Waals surface area contributed by atoms with Crippen LogP contribution in [0, 0.1) is 12.8 Å². The summed E-state index contributed by atoms with van der Waals surface area (Å²) in [6, 6.07) is 3.96. The molecule has 0 amide bonds. The van der Waals surface area contributed by atoms with Crippen molar-refractivity contribution in [1.82, 2.24) is 9.78 Å². The van der Waals surface area contributed by atoms with Crippen molar-refractivity contribution in [2.24, 2.45) is 5.92 Å². The molecule has 1 fully saturated rings. The highest BCUT2D eigenvalue weighted by Crippen LogP contribution is 2.27. The highest BCUT2D eigenvalue weighted by atomic mass is 16.2. The molecule has 0 unspecified atom stereocenters. The molecule has 130 valence electrons. The summed E-state index contributed by atoms with van der Waals surface area (Å²) in [5.74, 6) is 0.901. The van der Waals surface area contributed by atoms with Gasteiger partial charge in [-0.25, -0.2) is 0 Å². The molecule has 2 aromatic rings. The van der Waals surface area contributed by atoms with Crippen molar-refractivity contribution in [1.29, 1.82) is 0 Å². The Kier molecular flexibility index (Phi) is 5.67. The number of nitrogens with zero attached hydrogens (tertiary/aromatic N) is 2. The summed E-state index contributed by atoms with van der Waals surface area (Å²) in [6.45, 7) is 3.14. The summed E-state index contributed by atoms with van der Waals surface area (Å²) in [5.41, 5.74) is 2.73. The van der Waals surface area contributed by atoms with E-state index in [1.54, 1.807) is 0 Å². The highest BCUT2D eigenvalue weighted by molar-refractivity contribution is 6.01. The first-order valence-corrected chi connectivity index (χ1v) is 9.30. The first-order valence-electron chi connectivity index (χ1n) is 9.30. The topological polar surface area (TPSA) is 55.1 Å². The molecule has 1 aliphatic rings. The van der Waals surface area contributed by atoms with Crippen LogP contribution in [0.4, 0.5) is 0 Å². The Balaban J connectivity index is 1.76. The molecule has 1 aliphatic carbocycles. The number of fused-ring (bicyclic) bond motifs is 1. The number of hydrogen-bond acceptors (Lipinski definition) is 3. The van der Waals surface area contributed by atoms with Gasteiger partial charge in [0, 0.05) is 36.7 Å². The molecule has 1 aromatic heterocycles. The van der Waals surface area contributed by atoms with E-state index in [9.17, 15) is 4.79 Å².